The summed E-state index contributed by atoms with van der Waals surface area (Å²) in [6.07, 6.45) is 0.412. The fourth-order valence-electron chi connectivity index (χ4n) is 2.69. The maximum Gasteiger partial charge on any atom is 0.313 e. The van der Waals surface area contributed by atoms with Gasteiger partial charge in [0, 0.05) is 30.2 Å². The summed E-state index contributed by atoms with van der Waals surface area (Å²) < 4.78 is 5.91. The maximum atomic E-state index is 12.6. The Balaban J connectivity index is 2.23. The Hall–Kier alpha value is -1.40. The van der Waals surface area contributed by atoms with Gasteiger partial charge in [-0.2, -0.15) is 0 Å². The highest BCUT2D eigenvalue weighted by atomic mass is 79.9. The molecule has 0 saturated carbocycles. The fraction of sp³-hybridized carbons (Fsp3) is 0.467. The molecule has 5 nitrogen and oxygen atoms in total. The van der Waals surface area contributed by atoms with E-state index in [0.29, 0.717) is 18.5 Å². The summed E-state index contributed by atoms with van der Waals surface area (Å²) in [5, 5.41) is 9.44. The van der Waals surface area contributed by atoms with Crippen LogP contribution in [0.1, 0.15) is 22.3 Å². The molecule has 1 heterocycles. The van der Waals surface area contributed by atoms with E-state index in [2.05, 4.69) is 15.9 Å². The molecule has 1 saturated heterocycles. The Morgan fingerprint density at radius 1 is 1.48 bits per heavy atom. The number of hydrogen-bond donors (Lipinski definition) is 1. The van der Waals surface area contributed by atoms with Gasteiger partial charge in [-0.3, -0.25) is 9.59 Å². The summed E-state index contributed by atoms with van der Waals surface area (Å²) >= 11 is 3.41. The second-order valence-electron chi connectivity index (χ2n) is 5.41. The first-order valence-corrected chi connectivity index (χ1v) is 7.47. The lowest BCUT2D eigenvalue weighted by atomic mass is 9.88. The van der Waals surface area contributed by atoms with Crippen LogP contribution >= 0.6 is 15.9 Å². The van der Waals surface area contributed by atoms with Crippen LogP contribution in [0.25, 0.3) is 0 Å². The molecule has 1 aliphatic rings. The van der Waals surface area contributed by atoms with Gasteiger partial charge in [0.2, 0.25) is 0 Å². The van der Waals surface area contributed by atoms with Crippen LogP contribution in [0.4, 0.5) is 0 Å². The Kier molecular flexibility index (Phi) is 4.68. The van der Waals surface area contributed by atoms with Gasteiger partial charge in [0.15, 0.2) is 0 Å². The Labute approximate surface area is 132 Å². The molecule has 6 heteroatoms. The van der Waals surface area contributed by atoms with E-state index >= 15 is 0 Å². The van der Waals surface area contributed by atoms with Gasteiger partial charge in [-0.05, 0) is 31.0 Å². The minimum absolute atomic E-state index is 0.115. The first kappa shape index (κ1) is 16.0. The molecular formula is C15H18BrNO4. The zero-order valence-corrected chi connectivity index (χ0v) is 13.6. The fourth-order valence-corrected chi connectivity index (χ4v) is 3.05. The molecule has 0 aliphatic carbocycles. The number of aliphatic carboxylic acids is 1. The standard InChI is InChI=1S/C15H18BrNO4/c1-10-11(4-3-5-12(10)16)13(18)17-7-6-15(8-17,9-21-2)14(19)20/h3-5H,6-9H2,1-2H3,(H,19,20). The van der Waals surface area contributed by atoms with Crippen LogP contribution in [-0.4, -0.2) is 48.7 Å². The van der Waals surface area contributed by atoms with Crippen molar-refractivity contribution in [1.29, 1.82) is 0 Å². The van der Waals surface area contributed by atoms with E-state index in [1.54, 1.807) is 17.0 Å². The van der Waals surface area contributed by atoms with Crippen molar-refractivity contribution in [1.82, 2.24) is 4.90 Å². The van der Waals surface area contributed by atoms with Crippen LogP contribution in [0, 0.1) is 12.3 Å². The van der Waals surface area contributed by atoms with Crippen molar-refractivity contribution in [2.75, 3.05) is 26.8 Å². The van der Waals surface area contributed by atoms with Gasteiger partial charge in [-0.25, -0.2) is 0 Å². The number of nitrogens with zero attached hydrogens (tertiary/aromatic N) is 1. The van der Waals surface area contributed by atoms with Crippen molar-refractivity contribution in [3.8, 4) is 0 Å². The van der Waals surface area contributed by atoms with Crippen molar-refractivity contribution in [3.05, 3.63) is 33.8 Å². The summed E-state index contributed by atoms with van der Waals surface area (Å²) in [6, 6.07) is 5.45. The smallest absolute Gasteiger partial charge is 0.313 e. The molecule has 1 amide bonds. The average Bonchev–Trinajstić information content (AvgIpc) is 2.87. The van der Waals surface area contributed by atoms with E-state index in [1.165, 1.54) is 7.11 Å². The molecule has 2 rings (SSSR count). The first-order valence-electron chi connectivity index (χ1n) is 6.68. The first-order chi connectivity index (χ1) is 9.91. The van der Waals surface area contributed by atoms with Crippen LogP contribution in [0.3, 0.4) is 0 Å². The number of carboxylic acid groups (broad SMARTS) is 1. The second kappa shape index (κ2) is 6.15. The highest BCUT2D eigenvalue weighted by molar-refractivity contribution is 9.10. The third kappa shape index (κ3) is 2.96. The lowest BCUT2D eigenvalue weighted by Gasteiger charge is -2.24. The summed E-state index contributed by atoms with van der Waals surface area (Å²) in [5.41, 5.74) is 0.467. The van der Waals surface area contributed by atoms with E-state index in [0.717, 1.165) is 10.0 Å². The lowest BCUT2D eigenvalue weighted by molar-refractivity contribution is -0.151. The Morgan fingerprint density at radius 3 is 2.81 bits per heavy atom. The van der Waals surface area contributed by atoms with Gasteiger partial charge in [0.05, 0.1) is 6.61 Å². The van der Waals surface area contributed by atoms with Gasteiger partial charge in [0.25, 0.3) is 5.91 Å². The molecule has 0 radical (unpaired) electrons. The topological polar surface area (TPSA) is 66.8 Å². The molecular weight excluding hydrogens is 338 g/mol. The molecule has 21 heavy (non-hydrogen) atoms. The Morgan fingerprint density at radius 2 is 2.19 bits per heavy atom. The highest BCUT2D eigenvalue weighted by Gasteiger charge is 2.46. The van der Waals surface area contributed by atoms with Crippen LogP contribution in [0.2, 0.25) is 0 Å². The number of benzene rings is 1. The largest absolute Gasteiger partial charge is 0.481 e. The van der Waals surface area contributed by atoms with E-state index in [1.807, 2.05) is 13.0 Å². The molecule has 1 fully saturated rings. The Bertz CT molecular complexity index is 575. The molecule has 1 aromatic carbocycles. The zero-order valence-electron chi connectivity index (χ0n) is 12.1. The van der Waals surface area contributed by atoms with Gasteiger partial charge < -0.3 is 14.7 Å². The third-order valence-corrected chi connectivity index (χ3v) is 4.87. The number of carbonyl (C=O) groups excluding carboxylic acids is 1. The molecule has 1 aromatic rings. The maximum absolute atomic E-state index is 12.6. The summed E-state index contributed by atoms with van der Waals surface area (Å²) in [4.78, 5) is 25.7. The molecule has 1 N–H and O–H groups in total. The van der Waals surface area contributed by atoms with E-state index in [9.17, 15) is 14.7 Å². The molecule has 1 aliphatic heterocycles. The average molecular weight is 356 g/mol. The van der Waals surface area contributed by atoms with Crippen molar-refractivity contribution in [2.24, 2.45) is 5.41 Å². The predicted octanol–water partition coefficient (Wildman–Crippen LogP) is 2.32. The minimum atomic E-state index is -0.996. The summed E-state index contributed by atoms with van der Waals surface area (Å²) in [6.45, 7) is 2.60. The number of carboxylic acids is 1. The summed E-state index contributed by atoms with van der Waals surface area (Å²) in [5.74, 6) is -1.04. The predicted molar refractivity (Wildman–Crippen MR) is 81.3 cm³/mol. The van der Waals surface area contributed by atoms with Crippen molar-refractivity contribution in [2.45, 2.75) is 13.3 Å². The number of hydrogen-bond acceptors (Lipinski definition) is 3. The third-order valence-electron chi connectivity index (χ3n) is 4.01. The van der Waals surface area contributed by atoms with E-state index < -0.39 is 11.4 Å². The van der Waals surface area contributed by atoms with Gasteiger partial charge >= 0.3 is 5.97 Å². The molecule has 0 bridgehead atoms. The van der Waals surface area contributed by atoms with Gasteiger partial charge in [-0.15, -0.1) is 0 Å². The van der Waals surface area contributed by atoms with Crippen LogP contribution < -0.4 is 0 Å². The van der Waals surface area contributed by atoms with Gasteiger partial charge in [-0.1, -0.05) is 22.0 Å². The number of rotatable bonds is 4. The highest BCUT2D eigenvalue weighted by Crippen LogP contribution is 2.33. The number of carbonyl (C=O) groups is 2. The molecule has 0 aromatic heterocycles. The van der Waals surface area contributed by atoms with E-state index in [-0.39, 0.29) is 19.1 Å². The van der Waals surface area contributed by atoms with Crippen LogP contribution in [0.15, 0.2) is 22.7 Å². The minimum Gasteiger partial charge on any atom is -0.481 e. The monoisotopic (exact) mass is 355 g/mol. The normalized spacial score (nSPS) is 21.6. The lowest BCUT2D eigenvalue weighted by Crippen LogP contribution is -2.40. The molecule has 114 valence electrons. The van der Waals surface area contributed by atoms with Crippen molar-refractivity contribution in [3.63, 3.8) is 0 Å². The van der Waals surface area contributed by atoms with Crippen molar-refractivity contribution < 1.29 is 19.4 Å². The quantitative estimate of drug-likeness (QED) is 0.899. The molecule has 0 spiro atoms. The second-order valence-corrected chi connectivity index (χ2v) is 6.26. The number of methoxy groups -OCH3 is 1. The van der Waals surface area contributed by atoms with E-state index in [4.69, 9.17) is 4.74 Å². The number of ether oxygens (including phenoxy) is 1. The number of halogens is 1. The van der Waals surface area contributed by atoms with Gasteiger partial charge in [0.1, 0.15) is 5.41 Å². The molecule has 1 atom stereocenters. The molecule has 1 unspecified atom stereocenters. The number of amides is 1. The van der Waals surface area contributed by atoms with Crippen LogP contribution in [0.5, 0.6) is 0 Å². The summed E-state index contributed by atoms with van der Waals surface area (Å²) in [7, 11) is 1.48. The van der Waals surface area contributed by atoms with Crippen molar-refractivity contribution >= 4 is 27.8 Å². The van der Waals surface area contributed by atoms with Crippen LogP contribution in [-0.2, 0) is 9.53 Å². The zero-order chi connectivity index (χ0) is 15.6. The SMILES string of the molecule is COCC1(C(=O)O)CCN(C(=O)c2cccc(Br)c2C)C1. The number of likely N-dealkylation sites (tertiary alicyclic amines) is 1.